The highest BCUT2D eigenvalue weighted by Crippen LogP contribution is 2.32. The van der Waals surface area contributed by atoms with Crippen molar-refractivity contribution in [3.05, 3.63) is 47.5 Å². The number of aryl methyl sites for hydroxylation is 1. The lowest BCUT2D eigenvalue weighted by molar-refractivity contribution is 0.102. The molecule has 0 radical (unpaired) electrons. The molecule has 1 N–H and O–H groups in total. The maximum absolute atomic E-state index is 12.9. The highest BCUT2D eigenvalue weighted by atomic mass is 32.2. The van der Waals surface area contributed by atoms with Gasteiger partial charge in [0.15, 0.2) is 0 Å². The van der Waals surface area contributed by atoms with Gasteiger partial charge < -0.3 is 14.8 Å². The van der Waals surface area contributed by atoms with Gasteiger partial charge in [-0.15, -0.1) is 0 Å². The van der Waals surface area contributed by atoms with Crippen LogP contribution in [0.1, 0.15) is 22.3 Å². The first-order valence-electron chi connectivity index (χ1n) is 8.51. The topological polar surface area (TPSA) is 84.9 Å². The molecule has 0 atom stereocenters. The summed E-state index contributed by atoms with van der Waals surface area (Å²) in [5, 5.41) is 2.85. The second-order valence-electron chi connectivity index (χ2n) is 6.23. The molecule has 0 aromatic heterocycles. The number of hydrogen-bond acceptors (Lipinski definition) is 5. The summed E-state index contributed by atoms with van der Waals surface area (Å²) in [4.78, 5) is 12.9. The maximum Gasteiger partial charge on any atom is 0.263 e. The van der Waals surface area contributed by atoms with Crippen molar-refractivity contribution in [1.82, 2.24) is 0 Å². The molecule has 0 bridgehead atoms. The number of sulfonamides is 1. The van der Waals surface area contributed by atoms with Gasteiger partial charge in [-0.25, -0.2) is 8.42 Å². The Morgan fingerprint density at radius 2 is 1.78 bits per heavy atom. The minimum absolute atomic E-state index is 0.140. The third-order valence-corrected chi connectivity index (χ3v) is 6.38. The van der Waals surface area contributed by atoms with E-state index in [-0.39, 0.29) is 11.3 Å². The summed E-state index contributed by atoms with van der Waals surface area (Å²) >= 11 is 0. The zero-order chi connectivity index (χ0) is 19.6. The van der Waals surface area contributed by atoms with Crippen molar-refractivity contribution in [3.8, 4) is 11.5 Å². The first-order valence-corrected chi connectivity index (χ1v) is 10.1. The summed E-state index contributed by atoms with van der Waals surface area (Å²) in [6, 6.07) is 10.3. The van der Waals surface area contributed by atoms with E-state index in [0.29, 0.717) is 35.8 Å². The largest absolute Gasteiger partial charge is 0.496 e. The van der Waals surface area contributed by atoms with E-state index < -0.39 is 15.9 Å². The molecule has 2 aromatic carbocycles. The molecule has 0 aliphatic carbocycles. The molecule has 3 rings (SSSR count). The number of hydrogen-bond donors (Lipinski definition) is 1. The highest BCUT2D eigenvalue weighted by Gasteiger charge is 2.29. The molecule has 144 valence electrons. The average molecular weight is 390 g/mol. The van der Waals surface area contributed by atoms with Crippen LogP contribution in [0, 0.1) is 6.92 Å². The molecule has 1 saturated heterocycles. The van der Waals surface area contributed by atoms with E-state index >= 15 is 0 Å². The standard InChI is InChI=1S/C19H22N2O5S/c1-13-8-9-14(21-10-5-11-27(21,23)24)12-15(13)20-19(22)18-16(25-2)6-4-7-17(18)26-3/h4,6-9,12H,5,10-11H2,1-3H3,(H,20,22). The fraction of sp³-hybridized carbons (Fsp3) is 0.316. The van der Waals surface area contributed by atoms with Crippen molar-refractivity contribution < 1.29 is 22.7 Å². The summed E-state index contributed by atoms with van der Waals surface area (Å²) in [7, 11) is -0.327. The molecule has 0 spiro atoms. The van der Waals surface area contributed by atoms with Crippen LogP contribution in [-0.4, -0.2) is 40.8 Å². The molecule has 1 heterocycles. The third-order valence-electron chi connectivity index (χ3n) is 4.51. The molecule has 1 amide bonds. The van der Waals surface area contributed by atoms with Gasteiger partial charge in [-0.1, -0.05) is 12.1 Å². The van der Waals surface area contributed by atoms with E-state index in [9.17, 15) is 13.2 Å². The van der Waals surface area contributed by atoms with Crippen LogP contribution >= 0.6 is 0 Å². The van der Waals surface area contributed by atoms with E-state index in [1.807, 2.05) is 6.92 Å². The van der Waals surface area contributed by atoms with E-state index in [4.69, 9.17) is 9.47 Å². The minimum Gasteiger partial charge on any atom is -0.496 e. The first kappa shape index (κ1) is 19.0. The van der Waals surface area contributed by atoms with Gasteiger partial charge in [0.2, 0.25) is 10.0 Å². The Balaban J connectivity index is 1.95. The van der Waals surface area contributed by atoms with Gasteiger partial charge in [-0.2, -0.15) is 0 Å². The minimum atomic E-state index is -3.29. The highest BCUT2D eigenvalue weighted by molar-refractivity contribution is 7.93. The molecule has 7 nitrogen and oxygen atoms in total. The van der Waals surface area contributed by atoms with Crippen LogP contribution in [-0.2, 0) is 10.0 Å². The quantitative estimate of drug-likeness (QED) is 0.849. The number of methoxy groups -OCH3 is 2. The fourth-order valence-corrected chi connectivity index (χ4v) is 4.65. The van der Waals surface area contributed by atoms with Crippen LogP contribution in [0.15, 0.2) is 36.4 Å². The maximum atomic E-state index is 12.9. The third kappa shape index (κ3) is 3.71. The summed E-state index contributed by atoms with van der Waals surface area (Å²) in [5.74, 6) is 0.528. The van der Waals surface area contributed by atoms with Crippen molar-refractivity contribution in [2.45, 2.75) is 13.3 Å². The molecular weight excluding hydrogens is 368 g/mol. The number of amides is 1. The molecule has 27 heavy (non-hydrogen) atoms. The summed E-state index contributed by atoms with van der Waals surface area (Å²) in [5.41, 5.74) is 2.17. The van der Waals surface area contributed by atoms with Gasteiger partial charge >= 0.3 is 0 Å². The lowest BCUT2D eigenvalue weighted by Gasteiger charge is -2.19. The van der Waals surface area contributed by atoms with Crippen molar-refractivity contribution in [2.75, 3.05) is 36.1 Å². The van der Waals surface area contributed by atoms with Crippen LogP contribution in [0.4, 0.5) is 11.4 Å². The smallest absolute Gasteiger partial charge is 0.263 e. The summed E-state index contributed by atoms with van der Waals surface area (Å²) in [6.07, 6.45) is 0.594. The van der Waals surface area contributed by atoms with Crippen molar-refractivity contribution in [1.29, 1.82) is 0 Å². The first-order chi connectivity index (χ1) is 12.9. The molecule has 8 heteroatoms. The number of anilines is 2. The van der Waals surface area contributed by atoms with E-state index in [2.05, 4.69) is 5.32 Å². The number of carbonyl (C=O) groups is 1. The number of ether oxygens (including phenoxy) is 2. The molecule has 1 aliphatic heterocycles. The van der Waals surface area contributed by atoms with Crippen LogP contribution in [0.3, 0.4) is 0 Å². The summed E-state index contributed by atoms with van der Waals surface area (Å²) < 4.78 is 36.3. The number of nitrogens with one attached hydrogen (secondary N) is 1. The Bertz CT molecular complexity index is 950. The molecule has 1 aliphatic rings. The van der Waals surface area contributed by atoms with Gasteiger partial charge in [-0.05, 0) is 43.2 Å². The average Bonchev–Trinajstić information content (AvgIpc) is 3.01. The number of benzene rings is 2. The Labute approximate surface area is 158 Å². The van der Waals surface area contributed by atoms with Gasteiger partial charge in [-0.3, -0.25) is 9.10 Å². The van der Waals surface area contributed by atoms with Crippen molar-refractivity contribution >= 4 is 27.3 Å². The Hall–Kier alpha value is -2.74. The second kappa shape index (κ2) is 7.48. The molecule has 0 unspecified atom stereocenters. The van der Waals surface area contributed by atoms with Crippen LogP contribution in [0.2, 0.25) is 0 Å². The monoisotopic (exact) mass is 390 g/mol. The normalized spacial score (nSPS) is 15.4. The van der Waals surface area contributed by atoms with Crippen LogP contribution in [0.5, 0.6) is 11.5 Å². The predicted octanol–water partition coefficient (Wildman–Crippen LogP) is 2.80. The Morgan fingerprint density at radius 3 is 2.33 bits per heavy atom. The number of rotatable bonds is 5. The van der Waals surface area contributed by atoms with E-state index in [1.54, 1.807) is 36.4 Å². The number of nitrogens with zero attached hydrogens (tertiary/aromatic N) is 1. The van der Waals surface area contributed by atoms with Crippen molar-refractivity contribution in [3.63, 3.8) is 0 Å². The van der Waals surface area contributed by atoms with Gasteiger partial charge in [0.25, 0.3) is 5.91 Å². The lowest BCUT2D eigenvalue weighted by Crippen LogP contribution is -2.25. The SMILES string of the molecule is COc1cccc(OC)c1C(=O)Nc1cc(N2CCCS2(=O)=O)ccc1C. The van der Waals surface area contributed by atoms with Gasteiger partial charge in [0, 0.05) is 12.2 Å². The summed E-state index contributed by atoms with van der Waals surface area (Å²) in [6.45, 7) is 2.29. The van der Waals surface area contributed by atoms with E-state index in [1.165, 1.54) is 18.5 Å². The van der Waals surface area contributed by atoms with Gasteiger partial charge in [0.05, 0.1) is 25.7 Å². The fourth-order valence-electron chi connectivity index (χ4n) is 3.09. The van der Waals surface area contributed by atoms with Crippen molar-refractivity contribution in [2.24, 2.45) is 0 Å². The van der Waals surface area contributed by atoms with E-state index in [0.717, 1.165) is 5.56 Å². The van der Waals surface area contributed by atoms with Crippen LogP contribution < -0.4 is 19.1 Å². The second-order valence-corrected chi connectivity index (χ2v) is 8.25. The molecule has 1 fully saturated rings. The molecule has 0 saturated carbocycles. The Kier molecular flexibility index (Phi) is 5.27. The van der Waals surface area contributed by atoms with Gasteiger partial charge in [0.1, 0.15) is 17.1 Å². The zero-order valence-corrected chi connectivity index (χ0v) is 16.3. The molecule has 2 aromatic rings. The number of carbonyl (C=O) groups excluding carboxylic acids is 1. The molecular formula is C19H22N2O5S. The Morgan fingerprint density at radius 1 is 1.11 bits per heavy atom. The predicted molar refractivity (Wildman–Crippen MR) is 104 cm³/mol. The zero-order valence-electron chi connectivity index (χ0n) is 15.5. The van der Waals surface area contributed by atoms with Crippen LogP contribution in [0.25, 0.3) is 0 Å². The lowest BCUT2D eigenvalue weighted by atomic mass is 10.1.